The zero-order valence-corrected chi connectivity index (χ0v) is 85.4. The maximum absolute atomic E-state index is 14.6. The molecule has 1 unspecified atom stereocenters. The monoisotopic (exact) mass is 1830 g/mol. The minimum Gasteiger partial charge on any atom is -0.463 e. The Morgan fingerprint density at radius 2 is 0.701 bits per heavy atom. The number of benzene rings is 10. The molecule has 1 saturated carbocycles. The molecule has 4 heterocycles. The van der Waals surface area contributed by atoms with Gasteiger partial charge in [-0.1, -0.05) is 307 Å². The second-order valence-corrected chi connectivity index (χ2v) is 61.3. The maximum atomic E-state index is 14.6. The number of ether oxygens (including phenoxy) is 1. The number of thiol groups is 1. The Morgan fingerprint density at radius 1 is 0.386 bits per heavy atom. The van der Waals surface area contributed by atoms with Crippen LogP contribution in [0.4, 0.5) is 34.1 Å². The molecule has 1 aliphatic carbocycles. The van der Waals surface area contributed by atoms with Crippen molar-refractivity contribution in [2.75, 3.05) is 9.80 Å². The molecule has 2 aromatic heterocycles. The number of hydrogen-bond acceptors (Lipinski definition) is 11. The van der Waals surface area contributed by atoms with E-state index >= 15 is 0 Å². The number of carbonyl (C=O) groups is 4. The molecule has 1 atom stereocenters. The fourth-order valence-corrected chi connectivity index (χ4v) is 22.0. The molecule has 2 aliphatic heterocycles. The van der Waals surface area contributed by atoms with E-state index in [0.717, 1.165) is 190 Å². The number of imide groups is 1. The van der Waals surface area contributed by atoms with Crippen LogP contribution >= 0.6 is 16.8 Å². The van der Waals surface area contributed by atoms with Crippen molar-refractivity contribution in [1.29, 1.82) is 0 Å². The molecule has 127 heavy (non-hydrogen) atoms. The number of amides is 2. The maximum Gasteiger partial charge on any atom is 0.346 e. The number of hydrogen-bond donors (Lipinski definition) is 1. The van der Waals surface area contributed by atoms with Crippen LogP contribution in [0.25, 0.3) is 65.2 Å². The number of unbranched alkanes of at least 4 members (excludes halogenated alkanes) is 6. The molecule has 0 N–H and O–H groups in total. The van der Waals surface area contributed by atoms with E-state index in [4.69, 9.17) is 27.1 Å². The van der Waals surface area contributed by atoms with Gasteiger partial charge in [0, 0.05) is 114 Å². The number of fused-ring (bicyclic) bond motifs is 8. The van der Waals surface area contributed by atoms with Crippen LogP contribution in [0.2, 0.25) is 0 Å². The lowest BCUT2D eigenvalue weighted by molar-refractivity contribution is 0.0388. The molecule has 672 valence electrons. The molecule has 17 heteroatoms. The van der Waals surface area contributed by atoms with E-state index < -0.39 is 22.8 Å². The average Bonchev–Trinajstić information content (AvgIpc) is 1.71. The normalized spacial score (nSPS) is 14.7. The van der Waals surface area contributed by atoms with E-state index in [1.807, 2.05) is 30.3 Å². The lowest BCUT2D eigenvalue weighted by Crippen LogP contribution is -2.47. The predicted molar refractivity (Wildman–Crippen MR) is 560 cm³/mol. The van der Waals surface area contributed by atoms with Gasteiger partial charge >= 0.3 is 11.9 Å². The van der Waals surface area contributed by atoms with Crippen LogP contribution in [-0.2, 0) is 91.7 Å². The Labute approximate surface area is 783 Å². The minimum atomic E-state index is -1.69. The van der Waals surface area contributed by atoms with Crippen LogP contribution in [0, 0.1) is 21.7 Å². The predicted octanol–water partition coefficient (Wildman–Crippen LogP) is 32.3. The quantitative estimate of drug-likeness (QED) is 0.00820. The fraction of sp³-hybridized carbons (Fsp3) is 0.455. The average molecular weight is 1830 g/mol. The van der Waals surface area contributed by atoms with Gasteiger partial charge in [-0.3, -0.25) is 14.5 Å². The van der Waals surface area contributed by atoms with Crippen molar-refractivity contribution >= 4 is 192 Å². The SMILES string of the molecule is CCCCCCn1c2cc(N(c3ccc(C(C)(C)CC(C)(C)C)cc3)c3ccc(C(C)(C)CC(C)(C)C)cc3)ccc2c2c3cccc4c3c(cc21)C(=O)N(C1CCCCC1)C4=O.CCCCCCn1c2cc(N(c3ccc(C(C)(C)CC(C)(C)C)cc3)c3ccc(C(C)(C)CC(C)(C)C)cc3)ccc2c2c3cccc4c3c(cc21)C(=O)OC4=O.S=[P+]([S-])S(=S)(=S)S. The molecule has 3 aliphatic rings. The van der Waals surface area contributed by atoms with Gasteiger partial charge in [-0.25, -0.2) is 9.59 Å². The summed E-state index contributed by atoms with van der Waals surface area (Å²) in [6.45, 7) is 52.9. The van der Waals surface area contributed by atoms with Crippen LogP contribution in [0.1, 0.15) is 325 Å². The summed E-state index contributed by atoms with van der Waals surface area (Å²) in [5.74, 6) is -3.11. The van der Waals surface area contributed by atoms with Gasteiger partial charge in [0.2, 0.25) is 0 Å². The van der Waals surface area contributed by atoms with Crippen molar-refractivity contribution in [3.63, 3.8) is 0 Å². The highest BCUT2D eigenvalue weighted by molar-refractivity contribution is 9.21. The van der Waals surface area contributed by atoms with E-state index in [9.17, 15) is 19.2 Å². The third-order valence-electron chi connectivity index (χ3n) is 26.1. The molecule has 0 radical (unpaired) electrons. The molecule has 10 aromatic carbocycles. The Balaban J connectivity index is 0.000000203. The fourth-order valence-electron chi connectivity index (χ4n) is 22.0. The Morgan fingerprint density at radius 3 is 1.04 bits per heavy atom. The van der Waals surface area contributed by atoms with E-state index in [1.165, 1.54) is 47.9 Å². The molecular formula is C110H136N5O5PS6. The summed E-state index contributed by atoms with van der Waals surface area (Å²) >= 11 is 22.6. The van der Waals surface area contributed by atoms with Gasteiger partial charge < -0.3 is 35.9 Å². The lowest BCUT2D eigenvalue weighted by atomic mass is 9.72. The first-order valence-electron chi connectivity index (χ1n) is 46.3. The van der Waals surface area contributed by atoms with Crippen LogP contribution in [-0.4, -0.2) is 43.8 Å². The summed E-state index contributed by atoms with van der Waals surface area (Å²) in [5.41, 5.74) is 19.5. The lowest BCUT2D eigenvalue weighted by Gasteiger charge is -2.36. The summed E-state index contributed by atoms with van der Waals surface area (Å²) in [6.07, 6.45) is 18.4. The first-order valence-corrected chi connectivity index (χ1v) is 54.8. The second-order valence-electron chi connectivity index (χ2n) is 43.9. The minimum absolute atomic E-state index is 0.0273. The van der Waals surface area contributed by atoms with Gasteiger partial charge in [0.05, 0.1) is 38.8 Å². The molecule has 15 rings (SSSR count). The third kappa shape index (κ3) is 21.5. The van der Waals surface area contributed by atoms with Crippen molar-refractivity contribution in [3.05, 3.63) is 226 Å². The molecule has 0 spiro atoms. The highest BCUT2D eigenvalue weighted by Crippen LogP contribution is 2.50. The standard InChI is InChI=1S/C58H73N3O2.C52H62N2O3.HPS6/c1-12-13-14-18-34-59-49-35-44(32-33-45(49)52-46-22-19-23-47-51(46)48(36-50(52)59)54(63)61(53(47)62)41-20-16-15-17-21-41)60(42-28-24-39(25-29-42)57(8,9)37-55(2,3)4)43-30-26-40(27-31-43)58(10,11)38-56(5,6)7;1-12-13-14-15-29-53-43-30-38(27-28-39(43)46-40-17-16-18-41-45(40)42(31-44(46)53)48(56)57-47(41)55)54(36-23-19-34(20-24-36)51(8,9)32-49(2,3)4)37-25-21-35(22-26-37)52(10,11)33-50(5,6)7;2-1(3)7(4,5)6/h19,22-33,35-36,41H,12-18,20-21,34,37-38H2,1-11H3;16-28,30-31H,12-15,29,32-33H2,1-11H3;(H,4,5,6). The van der Waals surface area contributed by atoms with E-state index in [0.29, 0.717) is 27.6 Å². The number of carbonyl (C=O) groups excluding carboxylic acids is 4. The number of esters is 2. The van der Waals surface area contributed by atoms with Gasteiger partial charge in [0.15, 0.2) is 0 Å². The van der Waals surface area contributed by atoms with Gasteiger partial charge in [-0.05, 0) is 225 Å². The number of nitrogens with zero attached hydrogens (tertiary/aromatic N) is 5. The highest BCUT2D eigenvalue weighted by atomic mass is 33.8. The van der Waals surface area contributed by atoms with Gasteiger partial charge in [-0.2, -0.15) is 0 Å². The van der Waals surface area contributed by atoms with Crippen molar-refractivity contribution in [2.24, 2.45) is 21.7 Å². The molecule has 1 fully saturated rings. The zero-order chi connectivity index (χ0) is 92.2. The van der Waals surface area contributed by atoms with Crippen LogP contribution in [0.5, 0.6) is 0 Å². The van der Waals surface area contributed by atoms with Gasteiger partial charge in [0.25, 0.3) is 11.8 Å². The van der Waals surface area contributed by atoms with Crippen LogP contribution in [0.15, 0.2) is 182 Å². The zero-order valence-electron chi connectivity index (χ0n) is 79.5. The summed E-state index contributed by atoms with van der Waals surface area (Å²) in [7, 11) is 0. The number of aryl methyl sites for hydroxylation is 2. The molecule has 10 nitrogen and oxygen atoms in total. The largest absolute Gasteiger partial charge is 0.463 e. The first-order chi connectivity index (χ1) is 59.5. The summed E-state index contributed by atoms with van der Waals surface area (Å²) in [4.78, 5) is 61.5. The molecule has 0 bridgehead atoms. The Kier molecular flexibility index (Phi) is 28.8. The summed E-state index contributed by atoms with van der Waals surface area (Å²) in [5, 5.41) is 6.86. The van der Waals surface area contributed by atoms with Crippen molar-refractivity contribution < 1.29 is 23.9 Å². The van der Waals surface area contributed by atoms with Crippen molar-refractivity contribution in [2.45, 2.75) is 302 Å². The molecule has 12 aromatic rings. The summed E-state index contributed by atoms with van der Waals surface area (Å²) in [6, 6.07) is 66.5. The first kappa shape index (κ1) is 96.8. The van der Waals surface area contributed by atoms with Gasteiger partial charge in [-0.15, -0.1) is 0 Å². The topological polar surface area (TPSA) is 97.1 Å². The van der Waals surface area contributed by atoms with Gasteiger partial charge in [0.1, 0.15) is 22.7 Å². The highest BCUT2D eigenvalue weighted by Gasteiger charge is 2.41. The number of aromatic nitrogens is 2. The molecule has 2 amide bonds. The second kappa shape index (κ2) is 37.8. The summed E-state index contributed by atoms with van der Waals surface area (Å²) < 4.78 is 10.1. The van der Waals surface area contributed by atoms with E-state index in [-0.39, 0.29) is 61.2 Å². The molecule has 0 saturated heterocycles. The third-order valence-corrected chi connectivity index (χ3v) is 41.2. The van der Waals surface area contributed by atoms with Crippen LogP contribution in [0.3, 0.4) is 0 Å². The number of rotatable bonds is 26. The smallest absolute Gasteiger partial charge is 0.346 e. The molecular weight excluding hydrogens is 1690 g/mol. The Bertz CT molecular complexity index is 6120. The Hall–Kier alpha value is -7.79. The van der Waals surface area contributed by atoms with E-state index in [2.05, 4.69) is 353 Å². The van der Waals surface area contributed by atoms with E-state index in [1.54, 1.807) is 11.0 Å². The van der Waals surface area contributed by atoms with Crippen molar-refractivity contribution in [1.82, 2.24) is 14.0 Å². The van der Waals surface area contributed by atoms with Crippen LogP contribution < -0.4 is 9.80 Å². The van der Waals surface area contributed by atoms with Crippen molar-refractivity contribution in [3.8, 4) is 0 Å². The number of anilines is 6. The number of cyclic esters (lactones) is 2.